The smallest absolute Gasteiger partial charge is 0.248 e. The van der Waals surface area contributed by atoms with Crippen molar-refractivity contribution in [1.82, 2.24) is 4.31 Å². The Labute approximate surface area is 163 Å². The normalized spacial score (nSPS) is 11.9. The van der Waals surface area contributed by atoms with Gasteiger partial charge in [-0.3, -0.25) is 4.79 Å². The van der Waals surface area contributed by atoms with E-state index in [4.69, 9.17) is 0 Å². The second-order valence-corrected chi connectivity index (χ2v) is 8.66. The van der Waals surface area contributed by atoms with Gasteiger partial charge in [0.2, 0.25) is 15.9 Å². The first-order valence-electron chi connectivity index (χ1n) is 7.27. The van der Waals surface area contributed by atoms with Gasteiger partial charge in [0.1, 0.15) is 11.6 Å². The van der Waals surface area contributed by atoms with Crippen molar-refractivity contribution in [2.75, 3.05) is 19.4 Å². The highest BCUT2D eigenvalue weighted by molar-refractivity contribution is 14.1. The van der Waals surface area contributed by atoms with Gasteiger partial charge in [-0.05, 0) is 58.5 Å². The van der Waals surface area contributed by atoms with Crippen LogP contribution in [0.3, 0.4) is 0 Å². The minimum atomic E-state index is -3.52. The minimum absolute atomic E-state index is 0.00231. The van der Waals surface area contributed by atoms with Crippen LogP contribution in [0.4, 0.5) is 14.5 Å². The molecular formula is C17H15F2IN2O3S. The molecule has 0 bridgehead atoms. The number of sulfonamides is 1. The van der Waals surface area contributed by atoms with E-state index in [-0.39, 0.29) is 14.2 Å². The molecule has 0 radical (unpaired) electrons. The number of hydrogen-bond donors (Lipinski definition) is 1. The summed E-state index contributed by atoms with van der Waals surface area (Å²) >= 11 is 1.53. The fraction of sp³-hybridized carbons (Fsp3) is 0.118. The van der Waals surface area contributed by atoms with Crippen LogP contribution < -0.4 is 5.32 Å². The van der Waals surface area contributed by atoms with Crippen LogP contribution in [0.1, 0.15) is 5.56 Å². The lowest BCUT2D eigenvalue weighted by Crippen LogP contribution is -2.22. The summed E-state index contributed by atoms with van der Waals surface area (Å²) in [5, 5.41) is 2.36. The number of anilines is 1. The lowest BCUT2D eigenvalue weighted by molar-refractivity contribution is -0.111. The van der Waals surface area contributed by atoms with Crippen molar-refractivity contribution in [2.45, 2.75) is 4.90 Å². The van der Waals surface area contributed by atoms with Crippen LogP contribution in [-0.2, 0) is 14.8 Å². The molecule has 0 aliphatic rings. The van der Waals surface area contributed by atoms with Gasteiger partial charge in [-0.25, -0.2) is 21.5 Å². The van der Waals surface area contributed by atoms with Gasteiger partial charge in [0.05, 0.1) is 8.47 Å². The number of halogens is 3. The fourth-order valence-corrected chi connectivity index (χ4v) is 3.16. The molecule has 0 saturated carbocycles. The molecule has 5 nitrogen and oxygen atoms in total. The van der Waals surface area contributed by atoms with Crippen LogP contribution in [0.2, 0.25) is 0 Å². The van der Waals surface area contributed by atoms with E-state index in [0.29, 0.717) is 5.56 Å². The molecule has 2 rings (SSSR count). The highest BCUT2D eigenvalue weighted by Crippen LogP contribution is 2.20. The van der Waals surface area contributed by atoms with Crippen LogP contribution in [0.25, 0.3) is 6.08 Å². The number of benzene rings is 2. The van der Waals surface area contributed by atoms with E-state index < -0.39 is 27.6 Å². The van der Waals surface area contributed by atoms with Crippen LogP contribution in [0.5, 0.6) is 0 Å². The van der Waals surface area contributed by atoms with E-state index in [1.165, 1.54) is 61.0 Å². The minimum Gasteiger partial charge on any atom is -0.322 e. The Morgan fingerprint density at radius 2 is 1.65 bits per heavy atom. The summed E-state index contributed by atoms with van der Waals surface area (Å²) in [6.07, 6.45) is 2.64. The Morgan fingerprint density at radius 1 is 1.12 bits per heavy atom. The van der Waals surface area contributed by atoms with Crippen molar-refractivity contribution in [2.24, 2.45) is 0 Å². The van der Waals surface area contributed by atoms with Gasteiger partial charge in [-0.2, -0.15) is 0 Å². The molecule has 1 N–H and O–H groups in total. The zero-order valence-corrected chi connectivity index (χ0v) is 16.8. The Morgan fingerprint density at radius 3 is 2.15 bits per heavy atom. The number of nitrogens with zero attached hydrogens (tertiary/aromatic N) is 1. The van der Waals surface area contributed by atoms with Crippen molar-refractivity contribution in [3.8, 4) is 0 Å². The molecule has 138 valence electrons. The van der Waals surface area contributed by atoms with Crippen LogP contribution in [0, 0.1) is 15.2 Å². The molecule has 0 aliphatic heterocycles. The molecule has 0 unspecified atom stereocenters. The quantitative estimate of drug-likeness (QED) is 0.395. The molecule has 26 heavy (non-hydrogen) atoms. The number of nitrogens with one attached hydrogen (secondary N) is 1. The molecule has 0 atom stereocenters. The fourth-order valence-electron chi connectivity index (χ4n) is 1.95. The van der Waals surface area contributed by atoms with Crippen LogP contribution in [-0.4, -0.2) is 32.7 Å². The monoisotopic (exact) mass is 492 g/mol. The predicted octanol–water partition coefficient (Wildman–Crippen LogP) is 3.47. The molecule has 2 aromatic rings. The summed E-state index contributed by atoms with van der Waals surface area (Å²) in [5.74, 6) is -2.10. The highest BCUT2D eigenvalue weighted by atomic mass is 127. The summed E-state index contributed by atoms with van der Waals surface area (Å²) in [7, 11) is -0.650. The first-order chi connectivity index (χ1) is 12.1. The third-order valence-corrected chi connectivity index (χ3v) is 6.20. The summed E-state index contributed by atoms with van der Waals surface area (Å²) < 4.78 is 51.8. The highest BCUT2D eigenvalue weighted by Gasteiger charge is 2.16. The Bertz CT molecular complexity index is 935. The van der Waals surface area contributed by atoms with E-state index in [9.17, 15) is 22.0 Å². The Kier molecular flexibility index (Phi) is 6.48. The SMILES string of the molecule is CN(C)S(=O)(=O)c1ccc(/C=C/C(=O)Nc2cc(F)c(I)c(F)c2)cc1. The topological polar surface area (TPSA) is 66.5 Å². The van der Waals surface area contributed by atoms with Gasteiger partial charge in [-0.15, -0.1) is 0 Å². The zero-order valence-electron chi connectivity index (χ0n) is 13.8. The van der Waals surface area contributed by atoms with Crippen molar-refractivity contribution in [3.63, 3.8) is 0 Å². The lowest BCUT2D eigenvalue weighted by Gasteiger charge is -2.11. The predicted molar refractivity (Wildman–Crippen MR) is 104 cm³/mol. The zero-order chi connectivity index (χ0) is 19.5. The summed E-state index contributed by atoms with van der Waals surface area (Å²) in [4.78, 5) is 12.0. The van der Waals surface area contributed by atoms with Gasteiger partial charge in [-0.1, -0.05) is 12.1 Å². The maximum absolute atomic E-state index is 13.5. The molecule has 0 saturated heterocycles. The average molecular weight is 492 g/mol. The second kappa shape index (κ2) is 8.23. The van der Waals surface area contributed by atoms with Gasteiger partial charge >= 0.3 is 0 Å². The van der Waals surface area contributed by atoms with E-state index in [0.717, 1.165) is 16.4 Å². The van der Waals surface area contributed by atoms with E-state index in [1.54, 1.807) is 12.1 Å². The number of amides is 1. The lowest BCUT2D eigenvalue weighted by atomic mass is 10.2. The standard InChI is InChI=1S/C17H15F2IN2O3S/c1-22(2)26(24,25)13-6-3-11(4-7-13)5-8-16(23)21-12-9-14(18)17(20)15(19)10-12/h3-10H,1-2H3,(H,21,23)/b8-5+. The molecule has 0 aliphatic carbocycles. The van der Waals surface area contributed by atoms with E-state index >= 15 is 0 Å². The molecule has 2 aromatic carbocycles. The number of carbonyl (C=O) groups is 1. The molecule has 0 fully saturated rings. The first kappa shape index (κ1) is 20.5. The van der Waals surface area contributed by atoms with Gasteiger partial charge < -0.3 is 5.32 Å². The largest absolute Gasteiger partial charge is 0.322 e. The van der Waals surface area contributed by atoms with Crippen molar-refractivity contribution < 1.29 is 22.0 Å². The molecular weight excluding hydrogens is 477 g/mol. The first-order valence-corrected chi connectivity index (χ1v) is 9.79. The molecule has 0 spiro atoms. The third-order valence-electron chi connectivity index (χ3n) is 3.34. The van der Waals surface area contributed by atoms with Crippen LogP contribution >= 0.6 is 22.6 Å². The number of hydrogen-bond acceptors (Lipinski definition) is 3. The molecule has 9 heteroatoms. The maximum atomic E-state index is 13.5. The van der Waals surface area contributed by atoms with Crippen LogP contribution in [0.15, 0.2) is 47.4 Å². The average Bonchev–Trinajstić information content (AvgIpc) is 2.58. The summed E-state index contributed by atoms with van der Waals surface area (Å²) in [6, 6.07) is 8.00. The maximum Gasteiger partial charge on any atom is 0.248 e. The summed E-state index contributed by atoms with van der Waals surface area (Å²) in [6.45, 7) is 0. The van der Waals surface area contributed by atoms with Gasteiger partial charge in [0.15, 0.2) is 0 Å². The van der Waals surface area contributed by atoms with E-state index in [2.05, 4.69) is 5.32 Å². The van der Waals surface area contributed by atoms with Crippen molar-refractivity contribution in [3.05, 3.63) is 63.2 Å². The number of rotatable bonds is 5. The van der Waals surface area contributed by atoms with Gasteiger partial charge in [0, 0.05) is 25.9 Å². The van der Waals surface area contributed by atoms with Crippen molar-refractivity contribution >= 4 is 50.3 Å². The van der Waals surface area contributed by atoms with Gasteiger partial charge in [0.25, 0.3) is 0 Å². The van der Waals surface area contributed by atoms with Crippen molar-refractivity contribution in [1.29, 1.82) is 0 Å². The molecule has 0 aromatic heterocycles. The Hall–Kier alpha value is -1.85. The second-order valence-electron chi connectivity index (χ2n) is 5.43. The summed E-state index contributed by atoms with van der Waals surface area (Å²) in [5.41, 5.74) is 0.598. The Balaban J connectivity index is 2.09. The number of carbonyl (C=O) groups excluding carboxylic acids is 1. The molecule has 1 amide bonds. The molecule has 0 heterocycles. The third kappa shape index (κ3) is 4.86. The van der Waals surface area contributed by atoms with E-state index in [1.807, 2.05) is 0 Å².